The Balaban J connectivity index is 2.54. The molecule has 2 atom stereocenters. The molecule has 2 N–H and O–H groups in total. The highest BCUT2D eigenvalue weighted by atomic mass is 32.2. The lowest BCUT2D eigenvalue weighted by molar-refractivity contribution is 0.414. The van der Waals surface area contributed by atoms with E-state index in [4.69, 9.17) is 10.5 Å². The van der Waals surface area contributed by atoms with E-state index >= 15 is 0 Å². The Morgan fingerprint density at radius 3 is 2.81 bits per heavy atom. The van der Waals surface area contributed by atoms with Gasteiger partial charge in [0, 0.05) is 17.0 Å². The lowest BCUT2D eigenvalue weighted by Crippen LogP contribution is -2.14. The largest absolute Gasteiger partial charge is 0.497 e. The van der Waals surface area contributed by atoms with Gasteiger partial charge in [-0.3, -0.25) is 0 Å². The average Bonchev–Trinajstić information content (AvgIpc) is 2.35. The summed E-state index contributed by atoms with van der Waals surface area (Å²) in [7, 11) is 1.68. The van der Waals surface area contributed by atoms with E-state index in [0.717, 1.165) is 17.1 Å². The van der Waals surface area contributed by atoms with E-state index in [1.54, 1.807) is 7.11 Å². The van der Waals surface area contributed by atoms with Gasteiger partial charge < -0.3 is 10.5 Å². The third-order valence-corrected chi connectivity index (χ3v) is 4.11. The van der Waals surface area contributed by atoms with Crippen LogP contribution in [0.2, 0.25) is 0 Å². The Hall–Kier alpha value is -0.670. The maximum Gasteiger partial charge on any atom is 0.119 e. The van der Waals surface area contributed by atoms with Gasteiger partial charge >= 0.3 is 0 Å². The van der Waals surface area contributed by atoms with Crippen molar-refractivity contribution in [1.29, 1.82) is 0 Å². The van der Waals surface area contributed by atoms with Crippen LogP contribution in [0.1, 0.15) is 31.9 Å². The fourth-order valence-corrected chi connectivity index (χ4v) is 2.32. The van der Waals surface area contributed by atoms with E-state index in [1.807, 2.05) is 30.0 Å². The Labute approximate surface area is 103 Å². The number of methoxy groups -OCH3 is 1. The summed E-state index contributed by atoms with van der Waals surface area (Å²) < 4.78 is 5.19. The molecule has 0 saturated heterocycles. The second kappa shape index (κ2) is 6.81. The highest BCUT2D eigenvalue weighted by Gasteiger charge is 2.09. The zero-order chi connectivity index (χ0) is 12.0. The lowest BCUT2D eigenvalue weighted by Gasteiger charge is -2.15. The van der Waals surface area contributed by atoms with Crippen LogP contribution in [0.4, 0.5) is 0 Å². The van der Waals surface area contributed by atoms with Crippen molar-refractivity contribution in [2.24, 2.45) is 5.73 Å². The molecular weight excluding hydrogens is 218 g/mol. The van der Waals surface area contributed by atoms with Crippen molar-refractivity contribution in [3.8, 4) is 5.75 Å². The summed E-state index contributed by atoms with van der Waals surface area (Å²) in [6.07, 6.45) is 1.19. The summed E-state index contributed by atoms with van der Waals surface area (Å²) in [6, 6.07) is 8.10. The van der Waals surface area contributed by atoms with E-state index < -0.39 is 0 Å². The molecule has 2 unspecified atom stereocenters. The zero-order valence-corrected chi connectivity index (χ0v) is 11.1. The highest BCUT2D eigenvalue weighted by molar-refractivity contribution is 7.99. The van der Waals surface area contributed by atoms with E-state index in [2.05, 4.69) is 19.9 Å². The minimum atomic E-state index is 0.0918. The standard InChI is InChI=1S/C13H21NOS/c1-4-10(2)16-9-13(14)11-6-5-7-12(8-11)15-3/h5-8,10,13H,4,9,14H2,1-3H3. The van der Waals surface area contributed by atoms with Crippen LogP contribution in [0.15, 0.2) is 24.3 Å². The molecule has 0 aliphatic rings. The molecule has 0 fully saturated rings. The Bertz CT molecular complexity index is 317. The third-order valence-electron chi connectivity index (χ3n) is 2.66. The van der Waals surface area contributed by atoms with Crippen LogP contribution < -0.4 is 10.5 Å². The lowest BCUT2D eigenvalue weighted by atomic mass is 10.1. The molecule has 0 spiro atoms. The van der Waals surface area contributed by atoms with Crippen LogP contribution in [0.5, 0.6) is 5.75 Å². The molecule has 1 aromatic carbocycles. The number of rotatable bonds is 6. The van der Waals surface area contributed by atoms with Crippen LogP contribution in [0.25, 0.3) is 0 Å². The van der Waals surface area contributed by atoms with Gasteiger partial charge in [-0.25, -0.2) is 0 Å². The van der Waals surface area contributed by atoms with Gasteiger partial charge in [0.15, 0.2) is 0 Å². The average molecular weight is 239 g/mol. The number of thioether (sulfide) groups is 1. The maximum absolute atomic E-state index is 6.15. The summed E-state index contributed by atoms with van der Waals surface area (Å²) in [4.78, 5) is 0. The zero-order valence-electron chi connectivity index (χ0n) is 10.3. The number of hydrogen-bond acceptors (Lipinski definition) is 3. The van der Waals surface area contributed by atoms with Crippen LogP contribution in [0.3, 0.4) is 0 Å². The van der Waals surface area contributed by atoms with Crippen LogP contribution >= 0.6 is 11.8 Å². The van der Waals surface area contributed by atoms with E-state index in [-0.39, 0.29) is 6.04 Å². The Morgan fingerprint density at radius 2 is 2.19 bits per heavy atom. The smallest absolute Gasteiger partial charge is 0.119 e. The van der Waals surface area contributed by atoms with Crippen molar-refractivity contribution in [2.45, 2.75) is 31.6 Å². The summed E-state index contributed by atoms with van der Waals surface area (Å²) in [5.41, 5.74) is 7.29. The number of ether oxygens (including phenoxy) is 1. The molecule has 16 heavy (non-hydrogen) atoms. The van der Waals surface area contributed by atoms with Crippen molar-refractivity contribution < 1.29 is 4.74 Å². The second-order valence-corrected chi connectivity index (χ2v) is 5.41. The summed E-state index contributed by atoms with van der Waals surface area (Å²) in [6.45, 7) is 4.44. The molecule has 0 saturated carbocycles. The van der Waals surface area contributed by atoms with Crippen LogP contribution in [-0.2, 0) is 0 Å². The Kier molecular flexibility index (Phi) is 5.71. The third kappa shape index (κ3) is 4.06. The monoisotopic (exact) mass is 239 g/mol. The molecule has 0 aromatic heterocycles. The van der Waals surface area contributed by atoms with Crippen molar-refractivity contribution >= 4 is 11.8 Å². The van der Waals surface area contributed by atoms with Gasteiger partial charge in [0.1, 0.15) is 5.75 Å². The van der Waals surface area contributed by atoms with Crippen molar-refractivity contribution in [3.05, 3.63) is 29.8 Å². The SMILES string of the molecule is CCC(C)SCC(N)c1cccc(OC)c1. The minimum absolute atomic E-state index is 0.0918. The van der Waals surface area contributed by atoms with Crippen molar-refractivity contribution in [1.82, 2.24) is 0 Å². The van der Waals surface area contributed by atoms with Crippen LogP contribution in [-0.4, -0.2) is 18.1 Å². The summed E-state index contributed by atoms with van der Waals surface area (Å²) in [5.74, 6) is 1.84. The molecule has 0 radical (unpaired) electrons. The molecule has 1 aromatic rings. The minimum Gasteiger partial charge on any atom is -0.497 e. The molecule has 1 rings (SSSR count). The number of nitrogens with two attached hydrogens (primary N) is 1. The van der Waals surface area contributed by atoms with E-state index in [9.17, 15) is 0 Å². The van der Waals surface area contributed by atoms with Gasteiger partial charge in [0.05, 0.1) is 7.11 Å². The quantitative estimate of drug-likeness (QED) is 0.828. The second-order valence-electron chi connectivity index (χ2n) is 3.94. The predicted molar refractivity (Wildman–Crippen MR) is 72.1 cm³/mol. The summed E-state index contributed by atoms with van der Waals surface area (Å²) >= 11 is 1.93. The highest BCUT2D eigenvalue weighted by Crippen LogP contribution is 2.23. The molecule has 2 nitrogen and oxygen atoms in total. The Morgan fingerprint density at radius 1 is 1.44 bits per heavy atom. The molecule has 90 valence electrons. The first-order chi connectivity index (χ1) is 7.67. The van der Waals surface area contributed by atoms with Crippen molar-refractivity contribution in [3.63, 3.8) is 0 Å². The van der Waals surface area contributed by atoms with Gasteiger partial charge in [-0.2, -0.15) is 11.8 Å². The molecule has 0 amide bonds. The maximum atomic E-state index is 6.15. The van der Waals surface area contributed by atoms with E-state index in [0.29, 0.717) is 5.25 Å². The van der Waals surface area contributed by atoms with Crippen LogP contribution in [0, 0.1) is 0 Å². The molecular formula is C13H21NOS. The molecule has 0 heterocycles. The molecule has 0 aliphatic heterocycles. The van der Waals surface area contributed by atoms with Gasteiger partial charge in [0.2, 0.25) is 0 Å². The van der Waals surface area contributed by atoms with Gasteiger partial charge in [-0.15, -0.1) is 0 Å². The summed E-state index contributed by atoms with van der Waals surface area (Å²) in [5, 5.41) is 0.677. The van der Waals surface area contributed by atoms with Gasteiger partial charge in [-0.1, -0.05) is 26.0 Å². The molecule has 0 bridgehead atoms. The topological polar surface area (TPSA) is 35.2 Å². The predicted octanol–water partition coefficient (Wildman–Crippen LogP) is 3.23. The van der Waals surface area contributed by atoms with Gasteiger partial charge in [0.25, 0.3) is 0 Å². The first-order valence-electron chi connectivity index (χ1n) is 5.68. The first-order valence-corrected chi connectivity index (χ1v) is 6.73. The van der Waals surface area contributed by atoms with E-state index in [1.165, 1.54) is 6.42 Å². The fraction of sp³-hybridized carbons (Fsp3) is 0.538. The number of benzene rings is 1. The molecule has 3 heteroatoms. The van der Waals surface area contributed by atoms with Crippen molar-refractivity contribution in [2.75, 3.05) is 12.9 Å². The number of hydrogen-bond donors (Lipinski definition) is 1. The molecule has 0 aliphatic carbocycles. The normalized spacial score (nSPS) is 14.5. The fourth-order valence-electron chi connectivity index (χ4n) is 1.35. The van der Waals surface area contributed by atoms with Gasteiger partial charge in [-0.05, 0) is 24.1 Å². The first kappa shape index (κ1) is 13.4.